The van der Waals surface area contributed by atoms with E-state index in [-0.39, 0.29) is 72.2 Å². The molecule has 0 radical (unpaired) electrons. The van der Waals surface area contributed by atoms with Crippen molar-refractivity contribution in [2.45, 2.75) is 80.7 Å². The van der Waals surface area contributed by atoms with Gasteiger partial charge >= 0.3 is 5.97 Å². The van der Waals surface area contributed by atoms with Gasteiger partial charge in [-0.25, -0.2) is 0 Å². The predicted octanol–water partition coefficient (Wildman–Crippen LogP) is 17.5. The second-order valence-corrected chi connectivity index (χ2v) is 30.3. The highest BCUT2D eigenvalue weighted by Gasteiger charge is 2.37. The third kappa shape index (κ3) is 18.6. The number of nitrogens with zero attached hydrogens (tertiary/aromatic N) is 6. The lowest BCUT2D eigenvalue weighted by Gasteiger charge is -2.23. The highest BCUT2D eigenvalue weighted by Crippen LogP contribution is 2.44. The average Bonchev–Trinajstić information content (AvgIpc) is 1.58. The molecular weight excluding hydrogens is 1480 g/mol. The van der Waals surface area contributed by atoms with E-state index in [1.807, 2.05) is 291 Å². The molecule has 2 amide bonds. The third-order valence-corrected chi connectivity index (χ3v) is 21.9. The monoisotopic (exact) mass is 1580 g/mol. The first kappa shape index (κ1) is 84.0. The van der Waals surface area contributed by atoms with Gasteiger partial charge in [-0.15, -0.1) is 0 Å². The van der Waals surface area contributed by atoms with Crippen LogP contribution in [-0.2, 0) is 33.6 Å². The van der Waals surface area contributed by atoms with E-state index >= 15 is 0 Å². The number of nitrogens with one attached hydrogen (secondary N) is 2. The number of allylic oxidation sites excluding steroid dienone is 3. The van der Waals surface area contributed by atoms with Crippen molar-refractivity contribution < 1.29 is 48.1 Å². The van der Waals surface area contributed by atoms with Gasteiger partial charge in [-0.2, -0.15) is 29.3 Å². The van der Waals surface area contributed by atoms with Crippen LogP contribution in [0.25, 0.3) is 83.9 Å². The Kier molecular flexibility index (Phi) is 27.3. The summed E-state index contributed by atoms with van der Waals surface area (Å²) in [6.07, 6.45) is 1.48. The number of benzene rings is 9. The van der Waals surface area contributed by atoms with E-state index in [9.17, 15) is 28.8 Å². The van der Waals surface area contributed by atoms with E-state index < -0.39 is 12.0 Å². The number of carbonyl (C=O) groups is 6. The molecule has 0 saturated heterocycles. The number of aliphatic carboxylic acids is 1. The van der Waals surface area contributed by atoms with Crippen LogP contribution in [-0.4, -0.2) is 117 Å². The van der Waals surface area contributed by atoms with E-state index in [1.165, 1.54) is 4.68 Å². The number of aromatic nitrogens is 6. The summed E-state index contributed by atoms with van der Waals surface area (Å²) < 4.78 is 20.6. The normalized spacial score (nSPS) is 13.7. The molecule has 15 rings (SSSR count). The van der Waals surface area contributed by atoms with Crippen molar-refractivity contribution in [1.29, 1.82) is 0 Å². The van der Waals surface area contributed by atoms with E-state index in [2.05, 4.69) is 22.8 Å². The Morgan fingerprint density at radius 1 is 0.364 bits per heavy atom. The Bertz CT molecular complexity index is 5420. The molecule has 20 heteroatoms. The van der Waals surface area contributed by atoms with Gasteiger partial charge in [0.05, 0.1) is 61.5 Å². The summed E-state index contributed by atoms with van der Waals surface area (Å²) in [7, 11) is 4.84. The molecule has 0 fully saturated rings. The zero-order valence-corrected chi connectivity index (χ0v) is 68.4. The standard InChI is InChI=1S/C33H33N3O3.C32H32N4O3.C27H23N3O2.C6H12O2/c1-21(2)22(3)32(37)34-20-26-19-28-30(23-11-7-5-8-12-23)31(25-13-9-6-10-14-25)35-36(28)33(38)29(26)24-15-17-27(39-4)18-16-24;1-20(2)29(33)31(37)34-19-24-18-26-28(21-10-6-4-7-11-21)30(23-12-8-5-9-13-23)35-36(26)32(38)27(24)22-14-16-25(39-3)17-15-22;1-32-22-14-12-19(13-15-22)24-21(17-28)16-23-25(18-8-4-2-5-9-18)26(29-30(23)27(24)31)20-10-6-3-7-11-20;1-4(2)5(3)6(7)8/h5-18,21-22H,19-20H2,1-4H3,(H,34,37);4-17,20,29H,18-19,33H2,1-3H3,(H,34,37);2-15H,16-17,28H2,1H3;4-5H,1-3H3,(H,7,8)/t22-;29-;;5-/m00.0/s1. The Morgan fingerprint density at radius 3 is 0.873 bits per heavy atom. The quantitative estimate of drug-likeness (QED) is 0.0398. The van der Waals surface area contributed by atoms with Crippen LogP contribution in [0, 0.1) is 29.6 Å². The van der Waals surface area contributed by atoms with Crippen LogP contribution < -0.4 is 36.3 Å². The van der Waals surface area contributed by atoms with Gasteiger partial charge in [0.25, 0.3) is 17.7 Å². The molecule has 12 aromatic rings. The van der Waals surface area contributed by atoms with Crippen LogP contribution in [0.4, 0.5) is 0 Å². The first-order valence-electron chi connectivity index (χ1n) is 39.7. The highest BCUT2D eigenvalue weighted by atomic mass is 16.5. The minimum atomic E-state index is -0.708. The van der Waals surface area contributed by atoms with Crippen LogP contribution in [0.5, 0.6) is 17.2 Å². The number of fused-ring (bicyclic) bond motifs is 3. The van der Waals surface area contributed by atoms with E-state index in [4.69, 9.17) is 46.1 Å². The minimum absolute atomic E-state index is 0.00688. The van der Waals surface area contributed by atoms with Crippen molar-refractivity contribution in [3.8, 4) is 84.4 Å². The SMILES string of the molecule is CC(C)[C@H](C)C(=O)O.COc1ccc(C2=C(CN)Cc3c(-c4ccccc4)c(-c4ccccc4)nn3C2=O)cc1.COc1ccc(C2=C(CNC(=O)[C@@H](C)C(C)C)Cc3c(-c4ccccc4)c(-c4ccccc4)nn3C2=O)cc1.COc1ccc(C2=C(CNC(=O)[C@@H](N)C(C)C)Cc3c(-c4ccccc4)c(-c4ccccc4)nn3C2=O)cc1. The maximum Gasteiger partial charge on any atom is 0.306 e. The number of amides is 2. The number of carboxylic acids is 1. The number of hydrogen-bond acceptors (Lipinski definition) is 14. The third-order valence-electron chi connectivity index (χ3n) is 21.9. The molecule has 0 bridgehead atoms. The summed E-state index contributed by atoms with van der Waals surface area (Å²) in [5.74, 6) is 0.671. The van der Waals surface area contributed by atoms with Gasteiger partial charge in [0.1, 0.15) is 34.3 Å². The summed E-state index contributed by atoms with van der Waals surface area (Å²) in [4.78, 5) is 77.9. The van der Waals surface area contributed by atoms with E-state index in [1.54, 1.807) is 37.6 Å². The van der Waals surface area contributed by atoms with Crippen molar-refractivity contribution >= 4 is 52.2 Å². The van der Waals surface area contributed by atoms with Crippen molar-refractivity contribution in [3.05, 3.63) is 305 Å². The molecule has 3 aliphatic heterocycles. The topological polar surface area (TPSA) is 280 Å². The molecule has 0 saturated carbocycles. The fourth-order valence-corrected chi connectivity index (χ4v) is 14.4. The first-order valence-corrected chi connectivity index (χ1v) is 39.7. The number of nitrogens with two attached hydrogens (primary N) is 2. The van der Waals surface area contributed by atoms with Gasteiger partial charge in [0.15, 0.2) is 0 Å². The highest BCUT2D eigenvalue weighted by molar-refractivity contribution is 6.25. The Morgan fingerprint density at radius 2 is 0.627 bits per heavy atom. The van der Waals surface area contributed by atoms with Crippen LogP contribution in [0.2, 0.25) is 0 Å². The van der Waals surface area contributed by atoms with Crippen LogP contribution in [0.15, 0.2) is 272 Å². The molecule has 0 spiro atoms. The molecule has 20 nitrogen and oxygen atoms in total. The predicted molar refractivity (Wildman–Crippen MR) is 466 cm³/mol. The maximum atomic E-state index is 14.2. The zero-order chi connectivity index (χ0) is 83.8. The largest absolute Gasteiger partial charge is 0.497 e. The summed E-state index contributed by atoms with van der Waals surface area (Å²) in [6.45, 7) is 16.1. The second-order valence-electron chi connectivity index (χ2n) is 30.3. The van der Waals surface area contributed by atoms with Crippen molar-refractivity contribution in [2.24, 2.45) is 41.1 Å². The molecule has 118 heavy (non-hydrogen) atoms. The Labute approximate surface area is 688 Å². The summed E-state index contributed by atoms with van der Waals surface area (Å²) >= 11 is 0. The molecule has 602 valence electrons. The molecule has 3 aliphatic rings. The molecule has 7 N–H and O–H groups in total. The zero-order valence-electron chi connectivity index (χ0n) is 68.4. The number of ether oxygens (including phenoxy) is 3. The average molecular weight is 1580 g/mol. The van der Waals surface area contributed by atoms with Crippen molar-refractivity contribution in [3.63, 3.8) is 0 Å². The van der Waals surface area contributed by atoms with Gasteiger partial charge in [-0.05, 0) is 104 Å². The number of carboxylic acid groups (broad SMARTS) is 1. The number of methoxy groups -OCH3 is 3. The van der Waals surface area contributed by atoms with Crippen LogP contribution in [0.1, 0.15) is 104 Å². The van der Waals surface area contributed by atoms with Crippen molar-refractivity contribution in [1.82, 2.24) is 40.0 Å². The summed E-state index contributed by atoms with van der Waals surface area (Å²) in [5, 5.41) is 29.0. The van der Waals surface area contributed by atoms with Gasteiger partial charge in [-0.1, -0.05) is 274 Å². The molecule has 0 aliphatic carbocycles. The lowest BCUT2D eigenvalue weighted by atomic mass is 9.89. The lowest BCUT2D eigenvalue weighted by Crippen LogP contribution is -2.45. The van der Waals surface area contributed by atoms with Gasteiger partial charge < -0.3 is 41.4 Å². The van der Waals surface area contributed by atoms with E-state index in [0.29, 0.717) is 54.0 Å². The smallest absolute Gasteiger partial charge is 0.306 e. The fraction of sp³-hybridized carbons (Fsp3) is 0.235. The molecule has 3 atom stereocenters. The molecule has 9 aromatic carbocycles. The second kappa shape index (κ2) is 38.3. The molecule has 6 heterocycles. The van der Waals surface area contributed by atoms with Gasteiger partial charge in [0.2, 0.25) is 11.8 Å². The molecule has 0 unspecified atom stereocenters. The maximum absolute atomic E-state index is 14.2. The van der Waals surface area contributed by atoms with Gasteiger partial charge in [-0.3, -0.25) is 28.8 Å². The lowest BCUT2D eigenvalue weighted by molar-refractivity contribution is -0.142. The summed E-state index contributed by atoms with van der Waals surface area (Å²) in [5.41, 5.74) is 32.3. The van der Waals surface area contributed by atoms with Gasteiger partial charge in [0, 0.05) is 83.8 Å². The minimum Gasteiger partial charge on any atom is -0.497 e. The number of carbonyl (C=O) groups excluding carboxylic acids is 5. The first-order chi connectivity index (χ1) is 57.0. The fourth-order valence-electron chi connectivity index (χ4n) is 14.4. The van der Waals surface area contributed by atoms with Crippen molar-refractivity contribution in [2.75, 3.05) is 41.0 Å². The molecular formula is C98H100N10O10. The Balaban J connectivity index is 0.000000156. The Hall–Kier alpha value is -13.4. The van der Waals surface area contributed by atoms with Crippen LogP contribution >= 0.6 is 0 Å². The number of rotatable bonds is 23. The summed E-state index contributed by atoms with van der Waals surface area (Å²) in [6, 6.07) is 81.6. The van der Waals surface area contributed by atoms with Crippen LogP contribution in [0.3, 0.4) is 0 Å². The number of hydrogen-bond donors (Lipinski definition) is 5. The molecule has 3 aromatic heterocycles. The van der Waals surface area contributed by atoms with E-state index in [0.717, 1.165) is 123 Å².